The second-order valence-electron chi connectivity index (χ2n) is 1.81. The fraction of sp³-hybridized carbons (Fsp3) is 0.875. The van der Waals surface area contributed by atoms with Crippen molar-refractivity contribution in [1.29, 1.82) is 0 Å². The van der Waals surface area contributed by atoms with Crippen molar-refractivity contribution in [3.8, 4) is 0 Å². The quantitative estimate of drug-likeness (QED) is 0.653. The average molecular weight is 179 g/mol. The van der Waals surface area contributed by atoms with Crippen LogP contribution in [0.1, 0.15) is 21.3 Å². The summed E-state index contributed by atoms with van der Waals surface area (Å²) in [5, 5.41) is 2.91. The van der Waals surface area contributed by atoms with E-state index >= 15 is 0 Å². The Hall–Kier alpha value is -0.0200. The molecule has 0 unspecified atom stereocenters. The first-order valence-corrected chi connectivity index (χ1v) is 4.36. The lowest BCUT2D eigenvalue weighted by Crippen LogP contribution is -2.26. The molecule has 1 atom stereocenters. The highest BCUT2D eigenvalue weighted by atomic mass is 32.2. The molecule has 0 bridgehead atoms. The van der Waals surface area contributed by atoms with Crippen LogP contribution in [0.25, 0.3) is 0 Å². The smallest absolute Gasteiger partial charge is 0.136 e. The molecule has 0 spiro atoms. The van der Waals surface area contributed by atoms with Crippen LogP contribution in [0.5, 0.6) is 0 Å². The van der Waals surface area contributed by atoms with E-state index in [1.165, 1.54) is 0 Å². The lowest BCUT2D eigenvalue weighted by Gasteiger charge is -2.05. The zero-order chi connectivity index (χ0) is 7.11. The van der Waals surface area contributed by atoms with Gasteiger partial charge in [-0.05, 0) is 25.5 Å². The van der Waals surface area contributed by atoms with Crippen LogP contribution in [0.3, 0.4) is 0 Å². The Labute approximate surface area is 75.1 Å². The van der Waals surface area contributed by atoms with Crippen molar-refractivity contribution < 1.29 is 4.79 Å². The van der Waals surface area contributed by atoms with Gasteiger partial charge in [0.05, 0.1) is 6.04 Å². The summed E-state index contributed by atoms with van der Waals surface area (Å²) in [4.78, 5) is 10.2. The van der Waals surface area contributed by atoms with Gasteiger partial charge in [0.1, 0.15) is 6.29 Å². The summed E-state index contributed by atoms with van der Waals surface area (Å²) in [7, 11) is 1.80. The number of carbonyl (C=O) groups is 1. The standard InChI is InChI=1S/C6H13NOS.2CH4/c1-7-6(5-8)3-4-9-2;;/h5-7H,3-4H2,1-2H3;2*1H4/t6-;;/m0../s1. The molecule has 3 heteroatoms. The fourth-order valence-corrected chi connectivity index (χ4v) is 1.01. The van der Waals surface area contributed by atoms with Crippen molar-refractivity contribution in [2.75, 3.05) is 19.1 Å². The lowest BCUT2D eigenvalue weighted by atomic mass is 10.3. The van der Waals surface area contributed by atoms with Gasteiger partial charge in [-0.15, -0.1) is 0 Å². The maximum absolute atomic E-state index is 10.2. The molecule has 0 rings (SSSR count). The molecular weight excluding hydrogens is 158 g/mol. The van der Waals surface area contributed by atoms with E-state index in [0.29, 0.717) is 0 Å². The third-order valence-electron chi connectivity index (χ3n) is 1.17. The van der Waals surface area contributed by atoms with E-state index in [2.05, 4.69) is 5.32 Å². The molecule has 0 aromatic heterocycles. The number of aldehydes is 1. The summed E-state index contributed by atoms with van der Waals surface area (Å²) in [5.41, 5.74) is 0. The van der Waals surface area contributed by atoms with Gasteiger partial charge in [0.25, 0.3) is 0 Å². The molecule has 0 aliphatic carbocycles. The summed E-state index contributed by atoms with van der Waals surface area (Å²) >= 11 is 1.76. The maximum atomic E-state index is 10.2. The van der Waals surface area contributed by atoms with E-state index < -0.39 is 0 Å². The topological polar surface area (TPSA) is 29.1 Å². The molecule has 0 saturated carbocycles. The van der Waals surface area contributed by atoms with Crippen molar-refractivity contribution >= 4 is 18.0 Å². The van der Waals surface area contributed by atoms with Crippen molar-refractivity contribution in [2.24, 2.45) is 0 Å². The van der Waals surface area contributed by atoms with E-state index in [9.17, 15) is 4.79 Å². The summed E-state index contributed by atoms with van der Waals surface area (Å²) in [6.07, 6.45) is 3.93. The molecule has 0 radical (unpaired) electrons. The first-order valence-electron chi connectivity index (χ1n) is 2.96. The van der Waals surface area contributed by atoms with Crippen LogP contribution >= 0.6 is 11.8 Å². The zero-order valence-corrected chi connectivity index (χ0v) is 6.70. The SMILES string of the molecule is C.C.CN[C@H](C=O)CCSC. The van der Waals surface area contributed by atoms with Crippen molar-refractivity contribution in [3.63, 3.8) is 0 Å². The highest BCUT2D eigenvalue weighted by Gasteiger charge is 2.00. The van der Waals surface area contributed by atoms with Gasteiger partial charge in [0, 0.05) is 0 Å². The van der Waals surface area contributed by atoms with Gasteiger partial charge >= 0.3 is 0 Å². The second-order valence-corrected chi connectivity index (χ2v) is 2.80. The van der Waals surface area contributed by atoms with E-state index in [4.69, 9.17) is 0 Å². The first kappa shape index (κ1) is 17.2. The van der Waals surface area contributed by atoms with Crippen molar-refractivity contribution in [2.45, 2.75) is 27.3 Å². The van der Waals surface area contributed by atoms with E-state index in [1.807, 2.05) is 6.26 Å². The summed E-state index contributed by atoms with van der Waals surface area (Å²) in [6, 6.07) is 0.0532. The Morgan fingerprint density at radius 3 is 2.36 bits per heavy atom. The minimum Gasteiger partial charge on any atom is -0.311 e. The molecular formula is C8H21NOS. The molecule has 2 nitrogen and oxygen atoms in total. The third-order valence-corrected chi connectivity index (χ3v) is 1.81. The number of thioether (sulfide) groups is 1. The predicted molar refractivity (Wildman–Crippen MR) is 55.4 cm³/mol. The zero-order valence-electron chi connectivity index (χ0n) is 5.89. The molecule has 0 aromatic carbocycles. The molecule has 0 amide bonds. The van der Waals surface area contributed by atoms with Crippen molar-refractivity contribution in [1.82, 2.24) is 5.32 Å². The Bertz CT molecular complexity index is 78.5. The Kier molecular flexibility index (Phi) is 19.7. The average Bonchev–Trinajstić information content (AvgIpc) is 1.91. The van der Waals surface area contributed by atoms with Crippen LogP contribution in [0.15, 0.2) is 0 Å². The van der Waals surface area contributed by atoms with Crippen LogP contribution in [-0.4, -0.2) is 31.4 Å². The van der Waals surface area contributed by atoms with Crippen LogP contribution in [-0.2, 0) is 4.79 Å². The number of carbonyl (C=O) groups excluding carboxylic acids is 1. The fourth-order valence-electron chi connectivity index (χ4n) is 0.525. The maximum Gasteiger partial charge on any atom is 0.136 e. The Balaban J connectivity index is -0.000000320. The first-order chi connectivity index (χ1) is 4.35. The largest absolute Gasteiger partial charge is 0.311 e. The van der Waals surface area contributed by atoms with Gasteiger partial charge in [-0.3, -0.25) is 0 Å². The minimum absolute atomic E-state index is 0. The lowest BCUT2D eigenvalue weighted by molar-refractivity contribution is -0.109. The van der Waals surface area contributed by atoms with Gasteiger partial charge in [-0.25, -0.2) is 0 Å². The van der Waals surface area contributed by atoms with E-state index in [0.717, 1.165) is 18.5 Å². The van der Waals surface area contributed by atoms with Gasteiger partial charge < -0.3 is 10.1 Å². The molecule has 0 fully saturated rings. The number of likely N-dealkylation sites (N-methyl/N-ethyl adjacent to an activating group) is 1. The van der Waals surface area contributed by atoms with Gasteiger partial charge in [-0.2, -0.15) is 11.8 Å². The van der Waals surface area contributed by atoms with Crippen LogP contribution in [0, 0.1) is 0 Å². The van der Waals surface area contributed by atoms with E-state index in [1.54, 1.807) is 18.8 Å². The van der Waals surface area contributed by atoms with Crippen molar-refractivity contribution in [3.05, 3.63) is 0 Å². The minimum atomic E-state index is 0. The van der Waals surface area contributed by atoms with Crippen LogP contribution in [0.2, 0.25) is 0 Å². The summed E-state index contributed by atoms with van der Waals surface area (Å²) in [5.74, 6) is 1.05. The predicted octanol–water partition coefficient (Wildman–Crippen LogP) is 1.80. The molecule has 1 N–H and O–H groups in total. The number of hydrogen-bond acceptors (Lipinski definition) is 3. The number of hydrogen-bond donors (Lipinski definition) is 1. The highest BCUT2D eigenvalue weighted by molar-refractivity contribution is 7.98. The molecule has 0 aliphatic rings. The molecule has 0 saturated heterocycles. The number of nitrogens with one attached hydrogen (secondary N) is 1. The van der Waals surface area contributed by atoms with Gasteiger partial charge in [-0.1, -0.05) is 14.9 Å². The molecule has 0 aromatic rings. The number of rotatable bonds is 5. The normalized spacial score (nSPS) is 10.7. The molecule has 0 heterocycles. The molecule has 11 heavy (non-hydrogen) atoms. The second kappa shape index (κ2) is 12.6. The third kappa shape index (κ3) is 9.98. The summed E-state index contributed by atoms with van der Waals surface area (Å²) in [6.45, 7) is 0. The molecule has 0 aliphatic heterocycles. The van der Waals surface area contributed by atoms with Gasteiger partial charge in [0.2, 0.25) is 0 Å². The van der Waals surface area contributed by atoms with Gasteiger partial charge in [0.15, 0.2) is 0 Å². The Morgan fingerprint density at radius 2 is 2.09 bits per heavy atom. The monoisotopic (exact) mass is 179 g/mol. The van der Waals surface area contributed by atoms with Crippen LogP contribution in [0.4, 0.5) is 0 Å². The van der Waals surface area contributed by atoms with E-state index in [-0.39, 0.29) is 20.9 Å². The Morgan fingerprint density at radius 1 is 1.55 bits per heavy atom. The highest BCUT2D eigenvalue weighted by Crippen LogP contribution is 1.97. The summed E-state index contributed by atoms with van der Waals surface area (Å²) < 4.78 is 0. The van der Waals surface area contributed by atoms with Crippen LogP contribution < -0.4 is 5.32 Å². The molecule has 70 valence electrons.